The molecule has 1 aliphatic rings. The van der Waals surface area contributed by atoms with E-state index in [0.29, 0.717) is 0 Å². The van der Waals surface area contributed by atoms with Crippen LogP contribution in [-0.2, 0) is 10.2 Å². The van der Waals surface area contributed by atoms with E-state index in [0.717, 1.165) is 16.0 Å². The van der Waals surface area contributed by atoms with Crippen LogP contribution in [0.25, 0.3) is 4.91 Å². The summed E-state index contributed by atoms with van der Waals surface area (Å²) in [5.41, 5.74) is 1.18. The summed E-state index contributed by atoms with van der Waals surface area (Å²) in [6.45, 7) is 5.43. The molecule has 2 N–H and O–H groups in total. The molecule has 2 aromatic rings. The molecule has 0 radical (unpaired) electrons. The molecule has 3 rings (SSSR count). The van der Waals surface area contributed by atoms with Crippen molar-refractivity contribution < 1.29 is 13.5 Å². The maximum atomic E-state index is 13.0. The molecule has 7 heteroatoms. The Hall–Kier alpha value is -1.96. The van der Waals surface area contributed by atoms with Crippen molar-refractivity contribution in [3.8, 4) is 5.75 Å². The van der Waals surface area contributed by atoms with Gasteiger partial charge < -0.3 is 5.11 Å². The number of nitrogens with one attached hydrogen (secondary N) is 1. The minimum atomic E-state index is -3.74. The van der Waals surface area contributed by atoms with Gasteiger partial charge in [-0.25, -0.2) is 4.31 Å². The van der Waals surface area contributed by atoms with Crippen molar-refractivity contribution in [3.05, 3.63) is 71.9 Å². The molecule has 5 nitrogen and oxygen atoms in total. The van der Waals surface area contributed by atoms with E-state index in [4.69, 9.17) is 0 Å². The first-order valence-electron chi connectivity index (χ1n) is 8.21. The van der Waals surface area contributed by atoms with Crippen LogP contribution < -0.4 is 4.72 Å². The van der Waals surface area contributed by atoms with Crippen molar-refractivity contribution in [2.24, 2.45) is 0 Å². The zero-order chi connectivity index (χ0) is 18.9. The highest BCUT2D eigenvalue weighted by Gasteiger charge is 2.37. The van der Waals surface area contributed by atoms with E-state index in [-0.39, 0.29) is 5.75 Å². The molecule has 0 fully saturated rings. The number of phenolic OH excluding ortho intramolecular Hbond substituents is 1. The van der Waals surface area contributed by atoms with E-state index in [1.165, 1.54) is 16.1 Å². The highest BCUT2D eigenvalue weighted by Crippen LogP contribution is 2.49. The van der Waals surface area contributed by atoms with Crippen molar-refractivity contribution in [3.63, 3.8) is 0 Å². The third-order valence-electron chi connectivity index (χ3n) is 3.66. The molecule has 1 atom stereocenters. The molecular weight excluding hydrogens is 368 g/mol. The Morgan fingerprint density at radius 3 is 2.23 bits per heavy atom. The van der Waals surface area contributed by atoms with Crippen molar-refractivity contribution in [2.75, 3.05) is 0 Å². The van der Waals surface area contributed by atoms with E-state index >= 15 is 0 Å². The van der Waals surface area contributed by atoms with Crippen molar-refractivity contribution in [2.45, 2.75) is 31.7 Å². The van der Waals surface area contributed by atoms with Gasteiger partial charge in [-0.2, -0.15) is 13.1 Å². The van der Waals surface area contributed by atoms with E-state index in [2.05, 4.69) is 4.72 Å². The predicted octanol–water partition coefficient (Wildman–Crippen LogP) is 4.07. The van der Waals surface area contributed by atoms with Crippen molar-refractivity contribution >= 4 is 26.9 Å². The second kappa shape index (κ2) is 6.98. The predicted molar refractivity (Wildman–Crippen MR) is 107 cm³/mol. The van der Waals surface area contributed by atoms with Crippen LogP contribution in [0.2, 0.25) is 0 Å². The van der Waals surface area contributed by atoms with Gasteiger partial charge in [-0.1, -0.05) is 54.2 Å². The molecule has 0 saturated carbocycles. The number of aromatic hydroxyl groups is 1. The number of nitrogens with zero attached hydrogens (tertiary/aromatic N) is 1. The first-order chi connectivity index (χ1) is 12.2. The average molecular weight is 391 g/mol. The lowest BCUT2D eigenvalue weighted by Gasteiger charge is -2.29. The lowest BCUT2D eigenvalue weighted by molar-refractivity contribution is 0.437. The first kappa shape index (κ1) is 18.8. The molecule has 0 spiro atoms. The number of hydrogen-bond donors (Lipinski definition) is 2. The molecule has 2 aromatic carbocycles. The standard InChI is InChI=1S/C19H22N2O3S2/c1-19(2,3)20-26(23,24)21-13-17(14-7-5-4-6-8-14)25-18(21)15-9-11-16(22)12-10-15/h4-13,18,20,22H,1-3H3. The SMILES string of the molecule is CC(C)(C)NS(=O)(=O)N1C=C(c2ccccc2)SC1c1ccc(O)cc1. The number of hydrogen-bond acceptors (Lipinski definition) is 4. The van der Waals surface area contributed by atoms with Crippen LogP contribution in [0.4, 0.5) is 0 Å². The molecule has 0 saturated heterocycles. The summed E-state index contributed by atoms with van der Waals surface area (Å²) in [6.07, 6.45) is 1.67. The number of thioether (sulfide) groups is 1. The molecule has 0 bridgehead atoms. The molecule has 0 aliphatic carbocycles. The molecule has 1 unspecified atom stereocenters. The Balaban J connectivity index is 2.02. The quantitative estimate of drug-likeness (QED) is 0.826. The zero-order valence-electron chi connectivity index (χ0n) is 14.9. The smallest absolute Gasteiger partial charge is 0.302 e. The summed E-state index contributed by atoms with van der Waals surface area (Å²) < 4.78 is 30.0. The fourth-order valence-electron chi connectivity index (χ4n) is 2.62. The van der Waals surface area contributed by atoms with Crippen LogP contribution in [0.1, 0.15) is 37.3 Å². The summed E-state index contributed by atoms with van der Waals surface area (Å²) in [5, 5.41) is 9.10. The number of phenols is 1. The van der Waals surface area contributed by atoms with E-state index in [9.17, 15) is 13.5 Å². The van der Waals surface area contributed by atoms with Crippen molar-refractivity contribution in [1.82, 2.24) is 9.03 Å². The van der Waals surface area contributed by atoms with Gasteiger partial charge in [0.25, 0.3) is 0 Å². The molecule has 0 aromatic heterocycles. The van der Waals surface area contributed by atoms with Crippen LogP contribution in [-0.4, -0.2) is 23.4 Å². The van der Waals surface area contributed by atoms with Gasteiger partial charge in [-0.3, -0.25) is 0 Å². The summed E-state index contributed by atoms with van der Waals surface area (Å²) in [5.74, 6) is 0.148. The monoisotopic (exact) mass is 390 g/mol. The molecule has 0 amide bonds. The van der Waals surface area contributed by atoms with Crippen LogP contribution >= 0.6 is 11.8 Å². The fraction of sp³-hybridized carbons (Fsp3) is 0.263. The van der Waals surface area contributed by atoms with Crippen LogP contribution in [0, 0.1) is 0 Å². The Bertz CT molecular complexity index is 902. The van der Waals surface area contributed by atoms with Crippen LogP contribution in [0.15, 0.2) is 60.8 Å². The Kier molecular flexibility index (Phi) is 5.05. The normalized spacial score (nSPS) is 18.0. The lowest BCUT2D eigenvalue weighted by atomic mass is 10.1. The highest BCUT2D eigenvalue weighted by molar-refractivity contribution is 8.09. The summed E-state index contributed by atoms with van der Waals surface area (Å²) in [7, 11) is -3.74. The van der Waals surface area contributed by atoms with Gasteiger partial charge in [-0.05, 0) is 44.0 Å². The Labute approximate surface area is 158 Å². The summed E-state index contributed by atoms with van der Waals surface area (Å²) in [4.78, 5) is 0.878. The fourth-order valence-corrected chi connectivity index (χ4v) is 5.80. The second-order valence-corrected chi connectivity index (χ2v) is 9.81. The molecule has 138 valence electrons. The lowest BCUT2D eigenvalue weighted by Crippen LogP contribution is -2.47. The maximum Gasteiger partial charge on any atom is 0.302 e. The molecule has 26 heavy (non-hydrogen) atoms. The molecule has 1 aliphatic heterocycles. The number of benzene rings is 2. The third-order valence-corrected chi connectivity index (χ3v) is 6.86. The Morgan fingerprint density at radius 2 is 1.65 bits per heavy atom. The van der Waals surface area contributed by atoms with Gasteiger partial charge in [-0.15, -0.1) is 0 Å². The number of rotatable bonds is 4. The van der Waals surface area contributed by atoms with E-state index in [1.54, 1.807) is 30.5 Å². The topological polar surface area (TPSA) is 69.6 Å². The summed E-state index contributed by atoms with van der Waals surface area (Å²) >= 11 is 1.47. The average Bonchev–Trinajstić information content (AvgIpc) is 3.00. The van der Waals surface area contributed by atoms with Gasteiger partial charge in [0.05, 0.1) is 0 Å². The van der Waals surface area contributed by atoms with Gasteiger partial charge in [0.2, 0.25) is 0 Å². The first-order valence-corrected chi connectivity index (χ1v) is 10.5. The highest BCUT2D eigenvalue weighted by atomic mass is 32.2. The van der Waals surface area contributed by atoms with Gasteiger partial charge >= 0.3 is 10.2 Å². The Morgan fingerprint density at radius 1 is 1.04 bits per heavy atom. The maximum absolute atomic E-state index is 13.0. The largest absolute Gasteiger partial charge is 0.508 e. The minimum Gasteiger partial charge on any atom is -0.508 e. The van der Waals surface area contributed by atoms with Gasteiger partial charge in [0.15, 0.2) is 0 Å². The van der Waals surface area contributed by atoms with Gasteiger partial charge in [0, 0.05) is 16.6 Å². The summed E-state index contributed by atoms with van der Waals surface area (Å²) in [6, 6.07) is 16.3. The molecule has 1 heterocycles. The third kappa shape index (κ3) is 4.23. The zero-order valence-corrected chi connectivity index (χ0v) is 16.5. The molecular formula is C19H22N2O3S2. The van der Waals surface area contributed by atoms with Crippen molar-refractivity contribution in [1.29, 1.82) is 0 Å². The van der Waals surface area contributed by atoms with E-state index in [1.807, 2.05) is 51.1 Å². The van der Waals surface area contributed by atoms with Crippen LogP contribution in [0.5, 0.6) is 5.75 Å². The minimum absolute atomic E-state index is 0.148. The second-order valence-electron chi connectivity index (χ2n) is 7.11. The van der Waals surface area contributed by atoms with E-state index < -0.39 is 21.1 Å². The van der Waals surface area contributed by atoms with Crippen LogP contribution in [0.3, 0.4) is 0 Å². The van der Waals surface area contributed by atoms with Gasteiger partial charge in [0.1, 0.15) is 11.1 Å².